The lowest BCUT2D eigenvalue weighted by atomic mass is 10.1. The van der Waals surface area contributed by atoms with Crippen LogP contribution >= 0.6 is 0 Å². The molecular formula is C14H14N4. The van der Waals surface area contributed by atoms with Crippen molar-refractivity contribution in [3.63, 3.8) is 0 Å². The van der Waals surface area contributed by atoms with E-state index in [0.717, 1.165) is 16.9 Å². The van der Waals surface area contributed by atoms with Gasteiger partial charge in [0.15, 0.2) is 0 Å². The Morgan fingerprint density at radius 3 is 2.89 bits per heavy atom. The number of pyridine rings is 2. The SMILES string of the molecule is Cc1ccc2ncc(C(N)c3cccnc3)n2c1. The Morgan fingerprint density at radius 1 is 1.22 bits per heavy atom. The number of hydrogen-bond donors (Lipinski definition) is 1. The number of nitrogens with zero attached hydrogens (tertiary/aromatic N) is 3. The first-order chi connectivity index (χ1) is 8.75. The van der Waals surface area contributed by atoms with Gasteiger partial charge in [-0.15, -0.1) is 0 Å². The first-order valence-corrected chi connectivity index (χ1v) is 5.85. The van der Waals surface area contributed by atoms with Gasteiger partial charge in [-0.05, 0) is 30.2 Å². The maximum atomic E-state index is 6.28. The summed E-state index contributed by atoms with van der Waals surface area (Å²) in [6.07, 6.45) is 7.41. The zero-order valence-corrected chi connectivity index (χ0v) is 10.1. The van der Waals surface area contributed by atoms with Crippen LogP contribution in [-0.2, 0) is 0 Å². The molecule has 3 heterocycles. The molecule has 3 rings (SSSR count). The molecule has 0 saturated carbocycles. The molecule has 1 unspecified atom stereocenters. The Balaban J connectivity index is 2.12. The van der Waals surface area contributed by atoms with Crippen LogP contribution < -0.4 is 5.73 Å². The summed E-state index contributed by atoms with van der Waals surface area (Å²) in [4.78, 5) is 8.47. The number of aryl methyl sites for hydroxylation is 1. The van der Waals surface area contributed by atoms with Crippen LogP contribution in [0.1, 0.15) is 22.9 Å². The van der Waals surface area contributed by atoms with Crippen molar-refractivity contribution in [2.75, 3.05) is 0 Å². The van der Waals surface area contributed by atoms with Gasteiger partial charge >= 0.3 is 0 Å². The van der Waals surface area contributed by atoms with E-state index < -0.39 is 0 Å². The molecule has 0 aliphatic carbocycles. The predicted octanol–water partition coefficient (Wildman–Crippen LogP) is 2.09. The van der Waals surface area contributed by atoms with Crippen LogP contribution in [0, 0.1) is 6.92 Å². The number of aromatic nitrogens is 3. The van der Waals surface area contributed by atoms with Crippen molar-refractivity contribution in [3.8, 4) is 0 Å². The molecule has 0 bridgehead atoms. The molecule has 0 amide bonds. The van der Waals surface area contributed by atoms with Gasteiger partial charge in [0.25, 0.3) is 0 Å². The zero-order chi connectivity index (χ0) is 12.5. The lowest BCUT2D eigenvalue weighted by Gasteiger charge is -2.11. The molecule has 0 radical (unpaired) electrons. The summed E-state index contributed by atoms with van der Waals surface area (Å²) in [7, 11) is 0. The van der Waals surface area contributed by atoms with Gasteiger partial charge in [-0.3, -0.25) is 4.98 Å². The number of nitrogens with two attached hydrogens (primary N) is 1. The van der Waals surface area contributed by atoms with Crippen LogP contribution in [-0.4, -0.2) is 14.4 Å². The van der Waals surface area contributed by atoms with Crippen molar-refractivity contribution in [2.24, 2.45) is 5.73 Å². The molecule has 1 atom stereocenters. The second-order valence-corrected chi connectivity index (χ2v) is 4.38. The number of imidazole rings is 1. The highest BCUT2D eigenvalue weighted by Crippen LogP contribution is 2.20. The maximum absolute atomic E-state index is 6.28. The quantitative estimate of drug-likeness (QED) is 0.743. The highest BCUT2D eigenvalue weighted by Gasteiger charge is 2.13. The van der Waals surface area contributed by atoms with Crippen molar-refractivity contribution in [1.29, 1.82) is 0 Å². The van der Waals surface area contributed by atoms with Crippen molar-refractivity contribution in [1.82, 2.24) is 14.4 Å². The van der Waals surface area contributed by atoms with E-state index >= 15 is 0 Å². The highest BCUT2D eigenvalue weighted by atomic mass is 15.0. The van der Waals surface area contributed by atoms with Gasteiger partial charge in [0.05, 0.1) is 17.9 Å². The van der Waals surface area contributed by atoms with Crippen LogP contribution in [0.4, 0.5) is 0 Å². The average Bonchev–Trinajstić information content (AvgIpc) is 2.82. The minimum Gasteiger partial charge on any atom is -0.319 e. The molecule has 18 heavy (non-hydrogen) atoms. The molecular weight excluding hydrogens is 224 g/mol. The van der Waals surface area contributed by atoms with Crippen LogP contribution in [0.2, 0.25) is 0 Å². The van der Waals surface area contributed by atoms with E-state index in [1.807, 2.05) is 41.1 Å². The summed E-state index contributed by atoms with van der Waals surface area (Å²) >= 11 is 0. The van der Waals surface area contributed by atoms with Gasteiger partial charge in [0.1, 0.15) is 5.65 Å². The molecule has 0 aromatic carbocycles. The standard InChI is InChI=1S/C14H14N4/c1-10-4-5-13-17-8-12(18(13)9-10)14(15)11-3-2-6-16-7-11/h2-9,14H,15H2,1H3. The van der Waals surface area contributed by atoms with Crippen molar-refractivity contribution in [3.05, 3.63) is 65.9 Å². The van der Waals surface area contributed by atoms with Crippen molar-refractivity contribution < 1.29 is 0 Å². The first kappa shape index (κ1) is 10.9. The Kier molecular flexibility index (Phi) is 2.57. The second-order valence-electron chi connectivity index (χ2n) is 4.38. The highest BCUT2D eigenvalue weighted by molar-refractivity contribution is 5.43. The van der Waals surface area contributed by atoms with Gasteiger partial charge in [0, 0.05) is 18.6 Å². The van der Waals surface area contributed by atoms with E-state index in [-0.39, 0.29) is 6.04 Å². The van der Waals surface area contributed by atoms with Gasteiger partial charge in [-0.2, -0.15) is 0 Å². The summed E-state index contributed by atoms with van der Waals surface area (Å²) in [6, 6.07) is 7.70. The van der Waals surface area contributed by atoms with Crippen LogP contribution in [0.15, 0.2) is 49.1 Å². The molecule has 0 aliphatic heterocycles. The topological polar surface area (TPSA) is 56.2 Å². The molecule has 0 spiro atoms. The maximum Gasteiger partial charge on any atom is 0.136 e. The third-order valence-corrected chi connectivity index (χ3v) is 3.04. The molecule has 0 aliphatic rings. The van der Waals surface area contributed by atoms with E-state index in [9.17, 15) is 0 Å². The molecule has 4 nitrogen and oxygen atoms in total. The van der Waals surface area contributed by atoms with Gasteiger partial charge < -0.3 is 10.1 Å². The van der Waals surface area contributed by atoms with Gasteiger partial charge in [-0.1, -0.05) is 12.1 Å². The summed E-state index contributed by atoms with van der Waals surface area (Å²) < 4.78 is 2.03. The monoisotopic (exact) mass is 238 g/mol. The van der Waals surface area contributed by atoms with E-state index in [2.05, 4.69) is 16.9 Å². The summed E-state index contributed by atoms with van der Waals surface area (Å²) in [5, 5.41) is 0. The summed E-state index contributed by atoms with van der Waals surface area (Å²) in [5.74, 6) is 0. The molecule has 90 valence electrons. The number of fused-ring (bicyclic) bond motifs is 1. The molecule has 3 aromatic heterocycles. The normalized spacial score (nSPS) is 12.8. The largest absolute Gasteiger partial charge is 0.319 e. The molecule has 0 saturated heterocycles. The number of hydrogen-bond acceptors (Lipinski definition) is 3. The Labute approximate surface area is 105 Å². The minimum atomic E-state index is -0.213. The van der Waals surface area contributed by atoms with E-state index in [4.69, 9.17) is 5.73 Å². The number of rotatable bonds is 2. The summed E-state index contributed by atoms with van der Waals surface area (Å²) in [6.45, 7) is 2.05. The van der Waals surface area contributed by atoms with Crippen LogP contribution in [0.25, 0.3) is 5.65 Å². The smallest absolute Gasteiger partial charge is 0.136 e. The lowest BCUT2D eigenvalue weighted by Crippen LogP contribution is -2.14. The van der Waals surface area contributed by atoms with E-state index in [1.165, 1.54) is 5.56 Å². The third kappa shape index (κ3) is 1.76. The Hall–Kier alpha value is -2.20. The fourth-order valence-electron chi connectivity index (χ4n) is 2.07. The minimum absolute atomic E-state index is 0.213. The van der Waals surface area contributed by atoms with Crippen molar-refractivity contribution >= 4 is 5.65 Å². The summed E-state index contributed by atoms with van der Waals surface area (Å²) in [5.41, 5.74) is 10.3. The Morgan fingerprint density at radius 2 is 2.11 bits per heavy atom. The Bertz CT molecular complexity index is 673. The molecule has 3 aromatic rings. The molecule has 0 fully saturated rings. The predicted molar refractivity (Wildman–Crippen MR) is 70.2 cm³/mol. The van der Waals surface area contributed by atoms with Crippen LogP contribution in [0.5, 0.6) is 0 Å². The molecule has 2 N–H and O–H groups in total. The molecule has 4 heteroatoms. The van der Waals surface area contributed by atoms with Crippen molar-refractivity contribution in [2.45, 2.75) is 13.0 Å². The fourth-order valence-corrected chi connectivity index (χ4v) is 2.07. The van der Waals surface area contributed by atoms with Gasteiger partial charge in [-0.25, -0.2) is 4.98 Å². The average molecular weight is 238 g/mol. The van der Waals surface area contributed by atoms with E-state index in [0.29, 0.717) is 0 Å². The van der Waals surface area contributed by atoms with E-state index in [1.54, 1.807) is 12.4 Å². The fraction of sp³-hybridized carbons (Fsp3) is 0.143. The lowest BCUT2D eigenvalue weighted by molar-refractivity contribution is 0.808. The van der Waals surface area contributed by atoms with Gasteiger partial charge in [0.2, 0.25) is 0 Å². The second kappa shape index (κ2) is 4.23. The first-order valence-electron chi connectivity index (χ1n) is 5.85. The third-order valence-electron chi connectivity index (χ3n) is 3.04. The zero-order valence-electron chi connectivity index (χ0n) is 10.1. The van der Waals surface area contributed by atoms with Crippen LogP contribution in [0.3, 0.4) is 0 Å².